The summed E-state index contributed by atoms with van der Waals surface area (Å²) in [5, 5.41) is 9.08. The summed E-state index contributed by atoms with van der Waals surface area (Å²) >= 11 is 0. The fraction of sp³-hybridized carbons (Fsp3) is 0.750. The number of fused-ring (bicyclic) bond motifs is 2. The van der Waals surface area contributed by atoms with Gasteiger partial charge in [0.1, 0.15) is 0 Å². The lowest BCUT2D eigenvalue weighted by molar-refractivity contribution is -0.142. The van der Waals surface area contributed by atoms with Crippen molar-refractivity contribution in [2.24, 2.45) is 22.7 Å². The number of rotatable bonds is 1. The highest BCUT2D eigenvalue weighted by Gasteiger charge is 2.54. The Labute approximate surface area is 85.0 Å². The van der Waals surface area contributed by atoms with E-state index in [1.807, 2.05) is 0 Å². The smallest absolute Gasteiger partial charge is 0.307 e. The largest absolute Gasteiger partial charge is 0.481 e. The van der Waals surface area contributed by atoms with Gasteiger partial charge in [-0.3, -0.25) is 4.79 Å². The Morgan fingerprint density at radius 1 is 1.43 bits per heavy atom. The minimum absolute atomic E-state index is 0.140. The number of aliphatic carboxylic acids is 1. The molecular formula is C12H18O2. The molecule has 0 heterocycles. The molecule has 1 fully saturated rings. The number of carboxylic acid groups (broad SMARTS) is 1. The summed E-state index contributed by atoms with van der Waals surface area (Å²) in [7, 11) is 0. The van der Waals surface area contributed by atoms with Crippen LogP contribution in [0.4, 0.5) is 0 Å². The third-order valence-electron chi connectivity index (χ3n) is 4.17. The third kappa shape index (κ3) is 1.13. The van der Waals surface area contributed by atoms with Crippen LogP contribution >= 0.6 is 0 Å². The molecule has 2 aliphatic carbocycles. The van der Waals surface area contributed by atoms with Crippen LogP contribution in [0.2, 0.25) is 0 Å². The standard InChI is InChI=1S/C12H18O2/c1-11(2,3)12-5-4-8(6-12)9(7-12)10(13)14/h4-5,8-9H,6-7H2,1-3H3,(H,13,14). The van der Waals surface area contributed by atoms with Gasteiger partial charge in [0.2, 0.25) is 0 Å². The van der Waals surface area contributed by atoms with E-state index < -0.39 is 5.97 Å². The second-order valence-electron chi connectivity index (χ2n) is 5.78. The zero-order valence-electron chi connectivity index (χ0n) is 9.08. The highest BCUT2D eigenvalue weighted by Crippen LogP contribution is 2.60. The van der Waals surface area contributed by atoms with Crippen molar-refractivity contribution >= 4 is 5.97 Å². The number of carboxylic acids is 1. The van der Waals surface area contributed by atoms with E-state index >= 15 is 0 Å². The molecule has 0 aliphatic heterocycles. The van der Waals surface area contributed by atoms with Crippen molar-refractivity contribution in [1.82, 2.24) is 0 Å². The maximum absolute atomic E-state index is 11.0. The number of allylic oxidation sites excluding steroid dienone is 2. The Balaban J connectivity index is 2.29. The minimum atomic E-state index is -0.620. The molecule has 2 aliphatic rings. The van der Waals surface area contributed by atoms with Gasteiger partial charge in [-0.25, -0.2) is 0 Å². The van der Waals surface area contributed by atoms with Gasteiger partial charge >= 0.3 is 5.97 Å². The van der Waals surface area contributed by atoms with E-state index in [-0.39, 0.29) is 22.7 Å². The quantitative estimate of drug-likeness (QED) is 0.652. The Morgan fingerprint density at radius 3 is 2.43 bits per heavy atom. The van der Waals surface area contributed by atoms with Gasteiger partial charge in [-0.2, -0.15) is 0 Å². The van der Waals surface area contributed by atoms with Crippen molar-refractivity contribution in [1.29, 1.82) is 0 Å². The average molecular weight is 194 g/mol. The molecule has 2 nitrogen and oxygen atoms in total. The van der Waals surface area contributed by atoms with E-state index in [1.165, 1.54) is 0 Å². The Bertz CT molecular complexity index is 298. The van der Waals surface area contributed by atoms with Crippen LogP contribution in [0.25, 0.3) is 0 Å². The first-order chi connectivity index (χ1) is 6.36. The van der Waals surface area contributed by atoms with Gasteiger partial charge in [0.15, 0.2) is 0 Å². The van der Waals surface area contributed by atoms with Gasteiger partial charge in [0.25, 0.3) is 0 Å². The van der Waals surface area contributed by atoms with Crippen molar-refractivity contribution in [2.75, 3.05) is 0 Å². The highest BCUT2D eigenvalue weighted by atomic mass is 16.4. The Hall–Kier alpha value is -0.790. The van der Waals surface area contributed by atoms with Crippen molar-refractivity contribution in [3.63, 3.8) is 0 Å². The van der Waals surface area contributed by atoms with Crippen molar-refractivity contribution in [3.05, 3.63) is 12.2 Å². The van der Waals surface area contributed by atoms with Crippen LogP contribution in [-0.4, -0.2) is 11.1 Å². The zero-order valence-corrected chi connectivity index (χ0v) is 9.08. The van der Waals surface area contributed by atoms with Crippen LogP contribution in [-0.2, 0) is 4.79 Å². The summed E-state index contributed by atoms with van der Waals surface area (Å²) in [5.41, 5.74) is 0.323. The van der Waals surface area contributed by atoms with Crippen molar-refractivity contribution in [3.8, 4) is 0 Å². The maximum Gasteiger partial charge on any atom is 0.307 e. The molecule has 0 saturated heterocycles. The molecule has 0 aromatic heterocycles. The molecular weight excluding hydrogens is 176 g/mol. The molecule has 2 rings (SSSR count). The van der Waals surface area contributed by atoms with Crippen LogP contribution in [0.15, 0.2) is 12.2 Å². The molecule has 3 atom stereocenters. The molecule has 3 unspecified atom stereocenters. The lowest BCUT2D eigenvalue weighted by Crippen LogP contribution is -2.32. The summed E-state index contributed by atoms with van der Waals surface area (Å²) in [6.45, 7) is 6.64. The SMILES string of the molecule is CC(C)(C)C12C=CC(C1)C(C(=O)O)C2. The first-order valence-corrected chi connectivity index (χ1v) is 5.28. The van der Waals surface area contributed by atoms with Gasteiger partial charge in [-0.05, 0) is 29.6 Å². The summed E-state index contributed by atoms with van der Waals surface area (Å²) in [6, 6.07) is 0. The third-order valence-corrected chi connectivity index (χ3v) is 4.17. The molecule has 1 N–H and O–H groups in total. The van der Waals surface area contributed by atoms with Gasteiger partial charge in [-0.15, -0.1) is 0 Å². The normalized spacial score (nSPS) is 40.5. The highest BCUT2D eigenvalue weighted by molar-refractivity contribution is 5.72. The fourth-order valence-electron chi connectivity index (χ4n) is 2.97. The number of carbonyl (C=O) groups is 1. The summed E-state index contributed by atoms with van der Waals surface area (Å²) < 4.78 is 0. The molecule has 0 aromatic rings. The molecule has 0 amide bonds. The molecule has 78 valence electrons. The average Bonchev–Trinajstić information content (AvgIpc) is 2.59. The first-order valence-electron chi connectivity index (χ1n) is 5.28. The van der Waals surface area contributed by atoms with E-state index in [4.69, 9.17) is 5.11 Å². The van der Waals surface area contributed by atoms with Crippen LogP contribution in [0.1, 0.15) is 33.6 Å². The van der Waals surface area contributed by atoms with Crippen molar-refractivity contribution in [2.45, 2.75) is 33.6 Å². The molecule has 0 spiro atoms. The topological polar surface area (TPSA) is 37.3 Å². The summed E-state index contributed by atoms with van der Waals surface area (Å²) in [4.78, 5) is 11.0. The van der Waals surface area contributed by atoms with Crippen LogP contribution in [0, 0.1) is 22.7 Å². The molecule has 0 aromatic carbocycles. The molecule has 14 heavy (non-hydrogen) atoms. The Morgan fingerprint density at radius 2 is 2.07 bits per heavy atom. The van der Waals surface area contributed by atoms with E-state index in [9.17, 15) is 4.79 Å². The van der Waals surface area contributed by atoms with Gasteiger partial charge in [-0.1, -0.05) is 32.9 Å². The zero-order chi connectivity index (χ0) is 10.6. The number of hydrogen-bond donors (Lipinski definition) is 1. The van der Waals surface area contributed by atoms with Crippen LogP contribution in [0.3, 0.4) is 0 Å². The second-order valence-corrected chi connectivity index (χ2v) is 5.78. The predicted molar refractivity (Wildman–Crippen MR) is 54.9 cm³/mol. The lowest BCUT2D eigenvalue weighted by atomic mass is 9.65. The molecule has 0 radical (unpaired) electrons. The van der Waals surface area contributed by atoms with Gasteiger partial charge < -0.3 is 5.11 Å². The number of hydrogen-bond acceptors (Lipinski definition) is 1. The molecule has 2 bridgehead atoms. The lowest BCUT2D eigenvalue weighted by Gasteiger charge is -2.39. The van der Waals surface area contributed by atoms with Crippen LogP contribution < -0.4 is 0 Å². The summed E-state index contributed by atoms with van der Waals surface area (Å²) in [5.74, 6) is -0.476. The minimum Gasteiger partial charge on any atom is -0.481 e. The van der Waals surface area contributed by atoms with E-state index in [0.29, 0.717) is 0 Å². The van der Waals surface area contributed by atoms with Crippen LogP contribution in [0.5, 0.6) is 0 Å². The van der Waals surface area contributed by atoms with Crippen molar-refractivity contribution < 1.29 is 9.90 Å². The molecule has 2 heteroatoms. The van der Waals surface area contributed by atoms with E-state index in [2.05, 4.69) is 32.9 Å². The fourth-order valence-corrected chi connectivity index (χ4v) is 2.97. The van der Waals surface area contributed by atoms with E-state index in [1.54, 1.807) is 0 Å². The Kier molecular flexibility index (Phi) is 1.82. The first kappa shape index (κ1) is 9.75. The predicted octanol–water partition coefficient (Wildman–Crippen LogP) is 2.70. The maximum atomic E-state index is 11.0. The monoisotopic (exact) mass is 194 g/mol. The molecule has 1 saturated carbocycles. The summed E-state index contributed by atoms with van der Waals surface area (Å²) in [6.07, 6.45) is 6.24. The van der Waals surface area contributed by atoms with Gasteiger partial charge in [0, 0.05) is 0 Å². The van der Waals surface area contributed by atoms with E-state index in [0.717, 1.165) is 12.8 Å². The van der Waals surface area contributed by atoms with Gasteiger partial charge in [0.05, 0.1) is 5.92 Å². The second kappa shape index (κ2) is 2.62.